The van der Waals surface area contributed by atoms with E-state index in [1.807, 2.05) is 0 Å². The molecule has 48 valence electrons. The van der Waals surface area contributed by atoms with Crippen LogP contribution in [-0.4, -0.2) is 18.0 Å². The first-order chi connectivity index (χ1) is 3.91. The highest BCUT2D eigenvalue weighted by atomic mass is 16.2. The highest BCUT2D eigenvalue weighted by Crippen LogP contribution is 1.95. The molecule has 0 amide bonds. The van der Waals surface area contributed by atoms with E-state index in [-0.39, 0.29) is 6.61 Å². The van der Waals surface area contributed by atoms with E-state index in [1.165, 1.54) is 0 Å². The molecule has 0 heterocycles. The van der Waals surface area contributed by atoms with Gasteiger partial charge in [-0.15, -0.1) is 0 Å². The van der Waals surface area contributed by atoms with Crippen LogP contribution in [0.3, 0.4) is 0 Å². The second-order valence-corrected chi connectivity index (χ2v) is 1.74. The molecular formula is C6H12O2. The largest absolute Gasteiger partial charge is 0.396 e. The topological polar surface area (TPSA) is 37.3 Å². The van der Waals surface area contributed by atoms with Crippen LogP contribution >= 0.6 is 0 Å². The Bertz CT molecular complexity index is 52.5. The van der Waals surface area contributed by atoms with Crippen LogP contribution in [0.2, 0.25) is 0 Å². The van der Waals surface area contributed by atoms with E-state index in [9.17, 15) is 4.79 Å². The molecule has 0 atom stereocenters. The molecule has 0 unspecified atom stereocenters. The number of carbonyl (C=O) groups is 1. The van der Waals surface area contributed by atoms with Gasteiger partial charge in [0.05, 0.1) is 0 Å². The van der Waals surface area contributed by atoms with Gasteiger partial charge in [0.15, 0.2) is 0 Å². The van der Waals surface area contributed by atoms with Gasteiger partial charge < -0.3 is 9.90 Å². The van der Waals surface area contributed by atoms with Crippen molar-refractivity contribution in [3.63, 3.8) is 0 Å². The summed E-state index contributed by atoms with van der Waals surface area (Å²) in [4.78, 5) is 9.71. The zero-order valence-corrected chi connectivity index (χ0v) is 4.97. The van der Waals surface area contributed by atoms with Gasteiger partial charge in [0.1, 0.15) is 6.29 Å². The number of rotatable bonds is 5. The van der Waals surface area contributed by atoms with Gasteiger partial charge in [-0.3, -0.25) is 0 Å². The molecule has 0 aliphatic heterocycles. The van der Waals surface area contributed by atoms with Crippen molar-refractivity contribution in [1.82, 2.24) is 0 Å². The minimum atomic E-state index is 0.249. The van der Waals surface area contributed by atoms with Crippen molar-refractivity contribution in [2.75, 3.05) is 6.61 Å². The second-order valence-electron chi connectivity index (χ2n) is 1.74. The first-order valence-corrected chi connectivity index (χ1v) is 2.96. The molecule has 0 radical (unpaired) electrons. The lowest BCUT2D eigenvalue weighted by atomic mass is 10.2. The summed E-state index contributed by atoms with van der Waals surface area (Å²) in [5, 5.41) is 8.28. The molecule has 0 aliphatic carbocycles. The Labute approximate surface area is 49.5 Å². The van der Waals surface area contributed by atoms with Crippen LogP contribution < -0.4 is 0 Å². The molecule has 0 aliphatic rings. The van der Waals surface area contributed by atoms with Gasteiger partial charge in [-0.1, -0.05) is 6.42 Å². The molecule has 0 spiro atoms. The van der Waals surface area contributed by atoms with Crippen molar-refractivity contribution < 1.29 is 9.90 Å². The van der Waals surface area contributed by atoms with E-state index in [4.69, 9.17) is 5.11 Å². The Hall–Kier alpha value is -0.370. The molecule has 0 rings (SSSR count). The fourth-order valence-electron chi connectivity index (χ4n) is 0.516. The average Bonchev–Trinajstić information content (AvgIpc) is 1.81. The molecule has 2 heteroatoms. The minimum Gasteiger partial charge on any atom is -0.396 e. The van der Waals surface area contributed by atoms with Crippen LogP contribution in [0.15, 0.2) is 0 Å². The Kier molecular flexibility index (Phi) is 6.32. The number of hydrogen-bond acceptors (Lipinski definition) is 2. The molecule has 1 N–H and O–H groups in total. The van der Waals surface area contributed by atoms with Crippen LogP contribution in [-0.2, 0) is 4.79 Å². The number of carbonyl (C=O) groups excluding carboxylic acids is 1. The Morgan fingerprint density at radius 1 is 1.25 bits per heavy atom. The maximum absolute atomic E-state index is 9.71. The zero-order chi connectivity index (χ0) is 6.24. The summed E-state index contributed by atoms with van der Waals surface area (Å²) in [6.07, 6.45) is 4.27. The van der Waals surface area contributed by atoms with Crippen molar-refractivity contribution in [3.05, 3.63) is 0 Å². The summed E-state index contributed by atoms with van der Waals surface area (Å²) < 4.78 is 0. The lowest BCUT2D eigenvalue weighted by molar-refractivity contribution is -0.107. The Morgan fingerprint density at radius 2 is 2.00 bits per heavy atom. The smallest absolute Gasteiger partial charge is 0.119 e. The van der Waals surface area contributed by atoms with E-state index >= 15 is 0 Å². The number of aliphatic hydroxyl groups excluding tert-OH is 1. The number of aliphatic hydroxyl groups is 1. The average molecular weight is 116 g/mol. The Balaban J connectivity index is 2.62. The molecule has 0 bridgehead atoms. The third-order valence-corrected chi connectivity index (χ3v) is 0.980. The van der Waals surface area contributed by atoms with Crippen molar-refractivity contribution in [2.45, 2.75) is 25.7 Å². The van der Waals surface area contributed by atoms with E-state index in [0.717, 1.165) is 25.5 Å². The van der Waals surface area contributed by atoms with E-state index in [0.29, 0.717) is 6.42 Å². The molecule has 0 fully saturated rings. The molecular weight excluding hydrogens is 104 g/mol. The lowest BCUT2D eigenvalue weighted by Gasteiger charge is -1.90. The Morgan fingerprint density at radius 3 is 2.50 bits per heavy atom. The third kappa shape index (κ3) is 5.63. The molecule has 8 heavy (non-hydrogen) atoms. The second kappa shape index (κ2) is 6.63. The van der Waals surface area contributed by atoms with Gasteiger partial charge in [-0.05, 0) is 12.8 Å². The van der Waals surface area contributed by atoms with Gasteiger partial charge in [0.2, 0.25) is 0 Å². The number of unbranched alkanes of at least 4 members (excludes halogenated alkanes) is 3. The molecule has 0 aromatic heterocycles. The fourth-order valence-corrected chi connectivity index (χ4v) is 0.516. The first-order valence-electron chi connectivity index (χ1n) is 2.96. The van der Waals surface area contributed by atoms with Crippen LogP contribution in [0, 0.1) is 0 Å². The fraction of sp³-hybridized carbons (Fsp3) is 0.833. The lowest BCUT2D eigenvalue weighted by Crippen LogP contribution is -1.82. The molecule has 0 saturated carbocycles. The maximum Gasteiger partial charge on any atom is 0.119 e. The van der Waals surface area contributed by atoms with Gasteiger partial charge in [-0.2, -0.15) is 0 Å². The highest BCUT2D eigenvalue weighted by Gasteiger charge is 1.84. The maximum atomic E-state index is 9.71. The number of hydrogen-bond donors (Lipinski definition) is 1. The van der Waals surface area contributed by atoms with Crippen LogP contribution in [0.5, 0.6) is 0 Å². The summed E-state index contributed by atoms with van der Waals surface area (Å²) in [7, 11) is 0. The SMILES string of the molecule is O=CCCCCCO. The van der Waals surface area contributed by atoms with Crippen LogP contribution in [0.25, 0.3) is 0 Å². The van der Waals surface area contributed by atoms with Gasteiger partial charge >= 0.3 is 0 Å². The summed E-state index contributed by atoms with van der Waals surface area (Å²) >= 11 is 0. The molecule has 0 aromatic rings. The van der Waals surface area contributed by atoms with Gasteiger partial charge in [-0.25, -0.2) is 0 Å². The minimum absolute atomic E-state index is 0.249. The first kappa shape index (κ1) is 7.63. The summed E-state index contributed by atoms with van der Waals surface area (Å²) in [6, 6.07) is 0. The van der Waals surface area contributed by atoms with Crippen LogP contribution in [0.4, 0.5) is 0 Å². The standard InChI is InChI=1S/C6H12O2/c7-5-3-1-2-4-6-8/h5,8H,1-4,6H2. The van der Waals surface area contributed by atoms with Crippen LogP contribution in [0.1, 0.15) is 25.7 Å². The van der Waals surface area contributed by atoms with Crippen molar-refractivity contribution >= 4 is 6.29 Å². The molecule has 2 nitrogen and oxygen atoms in total. The van der Waals surface area contributed by atoms with E-state index in [2.05, 4.69) is 0 Å². The predicted molar refractivity (Wildman–Crippen MR) is 31.6 cm³/mol. The van der Waals surface area contributed by atoms with E-state index in [1.54, 1.807) is 0 Å². The summed E-state index contributed by atoms with van der Waals surface area (Å²) in [5.74, 6) is 0. The summed E-state index contributed by atoms with van der Waals surface area (Å²) in [5.41, 5.74) is 0. The van der Waals surface area contributed by atoms with E-state index < -0.39 is 0 Å². The quantitative estimate of drug-likeness (QED) is 0.425. The molecule has 0 aromatic carbocycles. The zero-order valence-electron chi connectivity index (χ0n) is 4.97. The highest BCUT2D eigenvalue weighted by molar-refractivity contribution is 5.48. The number of aldehydes is 1. The summed E-state index contributed by atoms with van der Waals surface area (Å²) in [6.45, 7) is 0.249. The monoisotopic (exact) mass is 116 g/mol. The van der Waals surface area contributed by atoms with Gasteiger partial charge in [0.25, 0.3) is 0 Å². The van der Waals surface area contributed by atoms with Gasteiger partial charge in [0, 0.05) is 13.0 Å². The van der Waals surface area contributed by atoms with Crippen molar-refractivity contribution in [1.29, 1.82) is 0 Å². The normalized spacial score (nSPS) is 9.12. The molecule has 0 saturated heterocycles. The predicted octanol–water partition coefficient (Wildman–Crippen LogP) is 0.738. The van der Waals surface area contributed by atoms with Crippen molar-refractivity contribution in [3.8, 4) is 0 Å². The van der Waals surface area contributed by atoms with Crippen molar-refractivity contribution in [2.24, 2.45) is 0 Å². The third-order valence-electron chi connectivity index (χ3n) is 0.980.